The van der Waals surface area contributed by atoms with Crippen LogP contribution in [0.2, 0.25) is 0 Å². The van der Waals surface area contributed by atoms with E-state index in [9.17, 15) is 148 Å². The first-order valence-electron chi connectivity index (χ1n) is 21.7. The Hall–Kier alpha value is -12.1. The maximum absolute atomic E-state index is 12.4. The summed E-state index contributed by atoms with van der Waals surface area (Å²) < 4.78 is 5.47. The first-order chi connectivity index (χ1) is 37.2. The molecule has 31 N–H and O–H groups in total. The van der Waals surface area contributed by atoms with Gasteiger partial charge in [-0.1, -0.05) is 0 Å². The molecule has 0 saturated carbocycles. The summed E-state index contributed by atoms with van der Waals surface area (Å²) in [5.74, 6) is -46.6. The summed E-state index contributed by atoms with van der Waals surface area (Å²) in [6.45, 7) is 0. The van der Waals surface area contributed by atoms with E-state index in [1.807, 2.05) is 0 Å². The quantitative estimate of drug-likeness (QED) is 0.0515. The summed E-state index contributed by atoms with van der Waals surface area (Å²) in [4.78, 5) is 0. The highest BCUT2D eigenvalue weighted by Gasteiger charge is 2.52. The molecule has 0 aliphatic heterocycles. The van der Waals surface area contributed by atoms with Crippen molar-refractivity contribution in [1.29, 1.82) is 0 Å². The Morgan fingerprint density at radius 3 is 0.787 bits per heavy atom. The highest BCUT2D eigenvalue weighted by Crippen LogP contribution is 2.72. The number of aliphatic hydroxyl groups is 1. The number of rotatable bonds is 3. The highest BCUT2D eigenvalue weighted by atomic mass is 16.4. The zero-order valence-corrected chi connectivity index (χ0v) is 38.5. The van der Waals surface area contributed by atoms with Gasteiger partial charge in [-0.15, -0.1) is 0 Å². The number of fused-ring (bicyclic) bond motifs is 9. The number of hydrogen-bond donors (Lipinski definition) is 30. The van der Waals surface area contributed by atoms with Gasteiger partial charge in [-0.05, 0) is 0 Å². The fourth-order valence-corrected chi connectivity index (χ4v) is 10.6. The molecular weight excluding hydrogens is 1080 g/mol. The molecule has 0 radical (unpaired) electrons. The van der Waals surface area contributed by atoms with E-state index in [2.05, 4.69) is 0 Å². The lowest BCUT2D eigenvalue weighted by molar-refractivity contribution is 0.0876. The molecule has 1 unspecified atom stereocenters. The minimum Gasteiger partial charge on any atom is -0.507 e. The smallest absolute Gasteiger partial charge is 0.208 e. The maximum Gasteiger partial charge on any atom is 0.208 e. The van der Waals surface area contributed by atoms with Crippen LogP contribution in [0, 0.1) is 0 Å². The molecule has 0 fully saturated rings. The van der Waals surface area contributed by atoms with E-state index in [-0.39, 0.29) is 0 Å². The second-order valence-electron chi connectivity index (χ2n) is 18.0. The molecular formula is C49H31NO30. The molecule has 11 rings (SSSR count). The molecule has 1 aliphatic carbocycles. The minimum absolute atomic E-state index is 1.05. The van der Waals surface area contributed by atoms with Gasteiger partial charge < -0.3 is 153 Å². The second kappa shape index (κ2) is 15.0. The van der Waals surface area contributed by atoms with E-state index in [4.69, 9.17) is 10.2 Å². The van der Waals surface area contributed by atoms with E-state index < -0.39 is 277 Å². The van der Waals surface area contributed by atoms with Crippen LogP contribution in [0.15, 0.2) is 4.42 Å². The fourth-order valence-electron chi connectivity index (χ4n) is 10.6. The average Bonchev–Trinajstić information content (AvgIpc) is 4.12. The largest absolute Gasteiger partial charge is 0.507 e. The molecule has 31 nitrogen and oxygen atoms in total. The zero-order chi connectivity index (χ0) is 58.9. The van der Waals surface area contributed by atoms with Gasteiger partial charge in [-0.3, -0.25) is 5.73 Å². The van der Waals surface area contributed by atoms with Crippen molar-refractivity contribution in [3.8, 4) is 205 Å². The Bertz CT molecular complexity index is 4600. The van der Waals surface area contributed by atoms with Crippen LogP contribution in [0.25, 0.3) is 98.8 Å². The van der Waals surface area contributed by atoms with Gasteiger partial charge in [0.2, 0.25) is 57.5 Å². The summed E-state index contributed by atoms with van der Waals surface area (Å²) in [5.41, 5.74) is -13.9. The van der Waals surface area contributed by atoms with Crippen LogP contribution in [0.5, 0.6) is 161 Å². The number of benzene rings is 9. The average molecular weight is 1110 g/mol. The Labute approximate surface area is 434 Å². The molecule has 1 atom stereocenters. The number of hydrogen-bond acceptors (Lipinski definition) is 31. The number of nitrogens with two attached hydrogens (primary N) is 1. The highest BCUT2D eigenvalue weighted by molar-refractivity contribution is 6.33. The van der Waals surface area contributed by atoms with Gasteiger partial charge in [0.1, 0.15) is 23.0 Å². The van der Waals surface area contributed by atoms with Gasteiger partial charge in [0.15, 0.2) is 97.4 Å². The van der Waals surface area contributed by atoms with Crippen LogP contribution in [0.1, 0.15) is 11.1 Å². The van der Waals surface area contributed by atoms with Crippen molar-refractivity contribution in [1.82, 2.24) is 0 Å². The number of aromatic hydroxyl groups is 28. The Kier molecular flexibility index (Phi) is 9.42. The first kappa shape index (κ1) is 50.1. The third kappa shape index (κ3) is 5.34. The molecule has 80 heavy (non-hydrogen) atoms. The molecule has 1 aromatic heterocycles. The van der Waals surface area contributed by atoms with E-state index in [0.717, 1.165) is 0 Å². The van der Waals surface area contributed by atoms with E-state index in [1.165, 1.54) is 0 Å². The summed E-state index contributed by atoms with van der Waals surface area (Å²) in [7, 11) is 0. The number of phenols is 28. The van der Waals surface area contributed by atoms with E-state index in [0.29, 0.717) is 0 Å². The van der Waals surface area contributed by atoms with Crippen molar-refractivity contribution in [2.45, 2.75) is 5.72 Å². The van der Waals surface area contributed by atoms with E-state index >= 15 is 0 Å². The van der Waals surface area contributed by atoms with Gasteiger partial charge in [-0.2, -0.15) is 0 Å². The number of furan rings is 1. The lowest BCUT2D eigenvalue weighted by Crippen LogP contribution is -2.35. The molecule has 0 amide bonds. The van der Waals surface area contributed by atoms with Crippen molar-refractivity contribution in [2.75, 3.05) is 0 Å². The second-order valence-corrected chi connectivity index (χ2v) is 18.0. The third-order valence-electron chi connectivity index (χ3n) is 14.1. The van der Waals surface area contributed by atoms with Gasteiger partial charge in [0.05, 0.1) is 54.9 Å². The van der Waals surface area contributed by atoms with Gasteiger partial charge >= 0.3 is 0 Å². The summed E-state index contributed by atoms with van der Waals surface area (Å²) in [6, 6.07) is 0. The molecule has 0 bridgehead atoms. The van der Waals surface area contributed by atoms with Crippen molar-refractivity contribution in [2.24, 2.45) is 5.73 Å². The fraction of sp³-hybridized carbons (Fsp3) is 0.0204. The van der Waals surface area contributed by atoms with Crippen LogP contribution < -0.4 is 5.73 Å². The molecule has 412 valence electrons. The van der Waals surface area contributed by atoms with Crippen LogP contribution in [0.4, 0.5) is 0 Å². The molecule has 0 saturated heterocycles. The predicted molar refractivity (Wildman–Crippen MR) is 262 cm³/mol. The molecule has 1 heterocycles. The van der Waals surface area contributed by atoms with Crippen molar-refractivity contribution < 1.29 is 153 Å². The van der Waals surface area contributed by atoms with Crippen LogP contribution in [-0.2, 0) is 5.72 Å². The SMILES string of the molecule is NC1(O)c2c(O)c(-c3c(O)c(O)c(O)c(O)c3O)c(O)c(O)c2-c2c(O)c(O)c(-c3c4c(O)c(O)c(O)c(O)c4c(-c4c(O)c(O)c5oc6c(O)c7c(O)c(O)c(O)c(O)c7c(O)c6c5c4O)c4c(O)c(O)c(O)c(O)c34)c(O)c21. The van der Waals surface area contributed by atoms with Crippen LogP contribution in [0.3, 0.4) is 0 Å². The van der Waals surface area contributed by atoms with Gasteiger partial charge in [-0.25, -0.2) is 0 Å². The van der Waals surface area contributed by atoms with E-state index in [1.54, 1.807) is 0 Å². The summed E-state index contributed by atoms with van der Waals surface area (Å²) in [6.07, 6.45) is 0. The lowest BCUT2D eigenvalue weighted by atomic mass is 9.81. The maximum atomic E-state index is 12.4. The van der Waals surface area contributed by atoms with Gasteiger partial charge in [0.25, 0.3) is 0 Å². The van der Waals surface area contributed by atoms with Crippen LogP contribution in [-0.4, -0.2) is 148 Å². The zero-order valence-electron chi connectivity index (χ0n) is 38.5. The molecule has 0 spiro atoms. The molecule has 10 aromatic rings. The normalized spacial score (nSPS) is 14.1. The van der Waals surface area contributed by atoms with Crippen molar-refractivity contribution >= 4 is 54.3 Å². The summed E-state index contributed by atoms with van der Waals surface area (Å²) >= 11 is 0. The van der Waals surface area contributed by atoms with Crippen LogP contribution >= 0.6 is 0 Å². The lowest BCUT2D eigenvalue weighted by Gasteiger charge is -2.26. The van der Waals surface area contributed by atoms with Crippen molar-refractivity contribution in [3.05, 3.63) is 11.1 Å². The molecule has 1 aliphatic rings. The first-order valence-corrected chi connectivity index (χ1v) is 21.7. The number of phenolic OH excluding ortho intramolecular Hbond substituents is 28. The molecule has 31 heteroatoms. The topological polar surface area (TPSA) is 626 Å². The molecule has 9 aromatic carbocycles. The minimum atomic E-state index is -3.73. The monoisotopic (exact) mass is 1110 g/mol. The third-order valence-corrected chi connectivity index (χ3v) is 14.1. The van der Waals surface area contributed by atoms with Crippen molar-refractivity contribution in [3.63, 3.8) is 0 Å². The Morgan fingerprint density at radius 1 is 0.188 bits per heavy atom. The summed E-state index contributed by atoms with van der Waals surface area (Å²) in [5, 5.41) is 318. The standard InChI is InChI=1S/C49H31NO30/c50-49(79)17-7(8-18(49)22(54)12(30(62)28(8)60)13-32(64)43(75)45(77)44(76)33(13)65)27(59)29(61)10(21(17)53)2-5-3(23(55)37(69)39(71)25(5)57)1(4-6(2)26(58)40(72)38(70)24(4)56)9-19(51)16-15-20(52)11-14(34(66)42(74)41(73)31(11)63)36(68)47(15)80-48(16)46(78)35(9)67/h51-79H,50H2. The Morgan fingerprint density at radius 2 is 0.412 bits per heavy atom. The Balaban J connectivity index is 1.34. The predicted octanol–water partition coefficient (Wildman–Crippen LogP) is 3.94. The van der Waals surface area contributed by atoms with Gasteiger partial charge in [0, 0.05) is 43.8 Å².